The molecule has 26 heavy (non-hydrogen) atoms. The summed E-state index contributed by atoms with van der Waals surface area (Å²) >= 11 is 0. The molecule has 0 saturated carbocycles. The van der Waals surface area contributed by atoms with Gasteiger partial charge in [0.25, 0.3) is 0 Å². The second kappa shape index (κ2) is 7.46. The molecular formula is C21H15FN4. The second-order valence-corrected chi connectivity index (χ2v) is 5.78. The molecule has 0 aliphatic rings. The number of nitrogens with two attached hydrogens (primary N) is 1. The van der Waals surface area contributed by atoms with Gasteiger partial charge >= 0.3 is 0 Å². The van der Waals surface area contributed by atoms with Gasteiger partial charge in [-0.05, 0) is 36.1 Å². The van der Waals surface area contributed by atoms with E-state index in [-0.39, 0.29) is 17.2 Å². The first-order chi connectivity index (χ1) is 12.6. The van der Waals surface area contributed by atoms with Crippen LogP contribution in [-0.4, -0.2) is 4.98 Å². The number of anilines is 1. The van der Waals surface area contributed by atoms with Gasteiger partial charge in [0.05, 0.1) is 11.3 Å². The number of nitrogens with zero attached hydrogens (tertiary/aromatic N) is 3. The van der Waals surface area contributed by atoms with Crippen molar-refractivity contribution in [1.29, 1.82) is 10.5 Å². The lowest BCUT2D eigenvalue weighted by Gasteiger charge is -2.13. The number of pyridine rings is 1. The van der Waals surface area contributed by atoms with Crippen LogP contribution in [0.1, 0.15) is 22.4 Å². The molecule has 0 fully saturated rings. The summed E-state index contributed by atoms with van der Waals surface area (Å²) in [6.07, 6.45) is 1.05. The average molecular weight is 342 g/mol. The van der Waals surface area contributed by atoms with Crippen molar-refractivity contribution >= 4 is 5.82 Å². The molecule has 0 amide bonds. The Morgan fingerprint density at radius 1 is 0.885 bits per heavy atom. The van der Waals surface area contributed by atoms with Gasteiger partial charge in [0.2, 0.25) is 0 Å². The van der Waals surface area contributed by atoms with E-state index in [9.17, 15) is 14.9 Å². The van der Waals surface area contributed by atoms with E-state index < -0.39 is 0 Å². The second-order valence-electron chi connectivity index (χ2n) is 5.78. The molecule has 0 bridgehead atoms. The molecule has 0 spiro atoms. The van der Waals surface area contributed by atoms with Crippen LogP contribution in [0.15, 0.2) is 54.6 Å². The molecule has 2 aromatic carbocycles. The van der Waals surface area contributed by atoms with Gasteiger partial charge in [-0.1, -0.05) is 42.5 Å². The van der Waals surface area contributed by atoms with Crippen molar-refractivity contribution in [2.75, 3.05) is 5.73 Å². The zero-order valence-electron chi connectivity index (χ0n) is 13.9. The van der Waals surface area contributed by atoms with Crippen LogP contribution >= 0.6 is 0 Å². The summed E-state index contributed by atoms with van der Waals surface area (Å²) in [5, 5.41) is 19.2. The molecular weight excluding hydrogens is 327 g/mol. The SMILES string of the molecule is N#Cc1c(N)nc(CCc2ccc(F)cc2)c(C#N)c1-c1ccccc1. The highest BCUT2D eigenvalue weighted by Gasteiger charge is 2.19. The zero-order chi connectivity index (χ0) is 18.5. The molecule has 2 N–H and O–H groups in total. The fourth-order valence-electron chi connectivity index (χ4n) is 2.88. The van der Waals surface area contributed by atoms with Gasteiger partial charge in [-0.25, -0.2) is 9.37 Å². The first kappa shape index (κ1) is 17.1. The van der Waals surface area contributed by atoms with Crippen molar-refractivity contribution in [2.24, 2.45) is 0 Å². The first-order valence-corrected chi connectivity index (χ1v) is 8.06. The minimum atomic E-state index is -0.293. The Labute approximate surface area is 151 Å². The third kappa shape index (κ3) is 3.38. The number of benzene rings is 2. The van der Waals surface area contributed by atoms with Crippen molar-refractivity contribution in [2.45, 2.75) is 12.8 Å². The predicted molar refractivity (Wildman–Crippen MR) is 97.3 cm³/mol. The van der Waals surface area contributed by atoms with Crippen LogP contribution in [0, 0.1) is 28.5 Å². The Hall–Kier alpha value is -3.70. The topological polar surface area (TPSA) is 86.5 Å². The third-order valence-corrected chi connectivity index (χ3v) is 4.15. The molecule has 1 aromatic heterocycles. The molecule has 0 aliphatic carbocycles. The van der Waals surface area contributed by atoms with Crippen LogP contribution < -0.4 is 5.73 Å². The predicted octanol–water partition coefficient (Wildman–Crippen LogP) is 4.00. The summed E-state index contributed by atoms with van der Waals surface area (Å²) in [7, 11) is 0. The maximum absolute atomic E-state index is 13.0. The van der Waals surface area contributed by atoms with E-state index in [0.29, 0.717) is 29.7 Å². The van der Waals surface area contributed by atoms with E-state index in [4.69, 9.17) is 5.73 Å². The van der Waals surface area contributed by atoms with Gasteiger partial charge in [0.1, 0.15) is 29.3 Å². The Morgan fingerprint density at radius 3 is 2.15 bits per heavy atom. The molecule has 3 aromatic rings. The summed E-state index contributed by atoms with van der Waals surface area (Å²) in [5.74, 6) is -0.182. The molecule has 3 rings (SSSR count). The van der Waals surface area contributed by atoms with Gasteiger partial charge in [0.15, 0.2) is 0 Å². The fourth-order valence-corrected chi connectivity index (χ4v) is 2.88. The monoisotopic (exact) mass is 342 g/mol. The van der Waals surface area contributed by atoms with Crippen molar-refractivity contribution < 1.29 is 4.39 Å². The summed E-state index contributed by atoms with van der Waals surface area (Å²) < 4.78 is 13.0. The Morgan fingerprint density at radius 2 is 1.54 bits per heavy atom. The van der Waals surface area contributed by atoms with Crippen LogP contribution in [0.5, 0.6) is 0 Å². The molecule has 4 nitrogen and oxygen atoms in total. The van der Waals surface area contributed by atoms with Gasteiger partial charge in [-0.3, -0.25) is 0 Å². The number of aromatic nitrogens is 1. The highest BCUT2D eigenvalue weighted by molar-refractivity contribution is 5.81. The molecule has 0 atom stereocenters. The van der Waals surface area contributed by atoms with Gasteiger partial charge in [0, 0.05) is 5.56 Å². The van der Waals surface area contributed by atoms with Crippen LogP contribution in [0.4, 0.5) is 10.2 Å². The lowest BCUT2D eigenvalue weighted by Crippen LogP contribution is -2.07. The quantitative estimate of drug-likeness (QED) is 0.776. The summed E-state index contributed by atoms with van der Waals surface area (Å²) in [6, 6.07) is 19.7. The minimum Gasteiger partial charge on any atom is -0.383 e. The first-order valence-electron chi connectivity index (χ1n) is 8.06. The molecule has 0 radical (unpaired) electrons. The maximum Gasteiger partial charge on any atom is 0.142 e. The van der Waals surface area contributed by atoms with Crippen molar-refractivity contribution in [1.82, 2.24) is 4.98 Å². The largest absolute Gasteiger partial charge is 0.383 e. The van der Waals surface area contributed by atoms with Gasteiger partial charge in [-0.2, -0.15) is 10.5 Å². The van der Waals surface area contributed by atoms with E-state index in [1.54, 1.807) is 12.1 Å². The summed E-state index contributed by atoms with van der Waals surface area (Å²) in [5.41, 5.74) is 9.27. The van der Waals surface area contributed by atoms with Crippen LogP contribution in [-0.2, 0) is 12.8 Å². The summed E-state index contributed by atoms with van der Waals surface area (Å²) in [4.78, 5) is 4.29. The highest BCUT2D eigenvalue weighted by atomic mass is 19.1. The van der Waals surface area contributed by atoms with E-state index in [1.165, 1.54) is 12.1 Å². The average Bonchev–Trinajstić information content (AvgIpc) is 2.67. The number of nitrogen functional groups attached to an aromatic ring is 1. The molecule has 0 saturated heterocycles. The molecule has 0 aliphatic heterocycles. The number of halogens is 1. The molecule has 0 unspecified atom stereocenters. The van der Waals surface area contributed by atoms with E-state index in [0.717, 1.165) is 11.1 Å². The Bertz CT molecular complexity index is 1010. The van der Waals surface area contributed by atoms with E-state index in [1.807, 2.05) is 30.3 Å². The molecule has 1 heterocycles. The van der Waals surface area contributed by atoms with E-state index >= 15 is 0 Å². The number of nitriles is 2. The zero-order valence-corrected chi connectivity index (χ0v) is 13.9. The van der Waals surface area contributed by atoms with Crippen molar-refractivity contribution in [3.8, 4) is 23.3 Å². The van der Waals surface area contributed by atoms with Gasteiger partial charge in [-0.15, -0.1) is 0 Å². The summed E-state index contributed by atoms with van der Waals surface area (Å²) in [6.45, 7) is 0. The minimum absolute atomic E-state index is 0.111. The highest BCUT2D eigenvalue weighted by Crippen LogP contribution is 2.32. The smallest absolute Gasteiger partial charge is 0.142 e. The van der Waals surface area contributed by atoms with Crippen molar-refractivity contribution in [3.05, 3.63) is 82.8 Å². The normalized spacial score (nSPS) is 10.1. The van der Waals surface area contributed by atoms with Crippen LogP contribution in [0.2, 0.25) is 0 Å². The molecule has 5 heteroatoms. The van der Waals surface area contributed by atoms with Crippen molar-refractivity contribution in [3.63, 3.8) is 0 Å². The Kier molecular flexibility index (Phi) is 4.92. The van der Waals surface area contributed by atoms with Crippen LogP contribution in [0.3, 0.4) is 0 Å². The number of hydrogen-bond donors (Lipinski definition) is 1. The maximum atomic E-state index is 13.0. The number of rotatable bonds is 4. The Balaban J connectivity index is 2.06. The number of aryl methyl sites for hydroxylation is 2. The van der Waals surface area contributed by atoms with Gasteiger partial charge < -0.3 is 5.73 Å². The fraction of sp³-hybridized carbons (Fsp3) is 0.0952. The number of hydrogen-bond acceptors (Lipinski definition) is 4. The van der Waals surface area contributed by atoms with Crippen LogP contribution in [0.25, 0.3) is 11.1 Å². The molecule has 126 valence electrons. The third-order valence-electron chi connectivity index (χ3n) is 4.15. The van der Waals surface area contributed by atoms with E-state index in [2.05, 4.69) is 17.1 Å². The standard InChI is InChI=1S/C21H15FN4/c22-16-9-6-14(7-10-16)8-11-19-17(12-23)20(15-4-2-1-3-5-15)18(13-24)21(25)26-19/h1-7,9-10H,8,11H2,(H2,25,26). The lowest BCUT2D eigenvalue weighted by molar-refractivity contribution is 0.627. The lowest BCUT2D eigenvalue weighted by atomic mass is 9.93.